The first-order chi connectivity index (χ1) is 7.51. The van der Waals surface area contributed by atoms with Gasteiger partial charge in [-0.1, -0.05) is 20.3 Å². The molecule has 98 valence electrons. The molecule has 0 aliphatic carbocycles. The van der Waals surface area contributed by atoms with Crippen LogP contribution < -0.4 is 0 Å². The van der Waals surface area contributed by atoms with Gasteiger partial charge in [-0.2, -0.15) is 0 Å². The molecule has 0 radical (unpaired) electrons. The largest absolute Gasteiger partial charge is 0.481 e. The Hall–Kier alpha value is -0.650. The summed E-state index contributed by atoms with van der Waals surface area (Å²) >= 11 is 0. The van der Waals surface area contributed by atoms with E-state index in [-0.39, 0.29) is 19.8 Å². The van der Waals surface area contributed by atoms with Gasteiger partial charge in [0.2, 0.25) is 0 Å². The van der Waals surface area contributed by atoms with E-state index in [9.17, 15) is 4.79 Å². The second-order valence-corrected chi connectivity index (χ2v) is 3.83. The van der Waals surface area contributed by atoms with E-state index in [2.05, 4.69) is 0 Å². The second-order valence-electron chi connectivity index (χ2n) is 3.83. The lowest BCUT2D eigenvalue weighted by Gasteiger charge is -2.24. The van der Waals surface area contributed by atoms with Crippen LogP contribution in [-0.2, 0) is 4.79 Å². The molecule has 16 heavy (non-hydrogen) atoms. The van der Waals surface area contributed by atoms with Gasteiger partial charge in [-0.3, -0.25) is 4.79 Å². The van der Waals surface area contributed by atoms with E-state index in [1.54, 1.807) is 0 Å². The molecular weight excluding hydrogens is 212 g/mol. The lowest BCUT2D eigenvalue weighted by Crippen LogP contribution is -2.32. The van der Waals surface area contributed by atoms with Crippen LogP contribution in [0.3, 0.4) is 0 Å². The molecule has 0 aliphatic heterocycles. The maximum Gasteiger partial charge on any atom is 0.303 e. The first kappa shape index (κ1) is 17.7. The van der Waals surface area contributed by atoms with Crippen molar-refractivity contribution in [1.29, 1.82) is 0 Å². The van der Waals surface area contributed by atoms with E-state index in [0.29, 0.717) is 12.8 Å². The lowest BCUT2D eigenvalue weighted by atomic mass is 9.88. The van der Waals surface area contributed by atoms with Crippen molar-refractivity contribution in [3.8, 4) is 0 Å². The van der Waals surface area contributed by atoms with Crippen molar-refractivity contribution in [3.63, 3.8) is 0 Å². The fraction of sp³-hybridized carbons (Fsp3) is 0.909. The Kier molecular flexibility index (Phi) is 12.0. The Bertz CT molecular complexity index is 148. The maximum absolute atomic E-state index is 9.76. The topological polar surface area (TPSA) is 98.0 Å². The zero-order chi connectivity index (χ0) is 13.0. The molecule has 0 aliphatic rings. The predicted octanol–water partition coefficient (Wildman–Crippen LogP) is 0.621. The van der Waals surface area contributed by atoms with Gasteiger partial charge in [0.1, 0.15) is 0 Å². The minimum absolute atomic E-state index is 0.156. The molecule has 0 heterocycles. The highest BCUT2D eigenvalue weighted by Gasteiger charge is 2.24. The molecule has 0 bridgehead atoms. The van der Waals surface area contributed by atoms with Crippen molar-refractivity contribution in [3.05, 3.63) is 0 Å². The summed E-state index contributed by atoms with van der Waals surface area (Å²) in [5.41, 5.74) is -0.667. The molecule has 0 rings (SSSR count). The summed E-state index contributed by atoms with van der Waals surface area (Å²) in [5, 5.41) is 34.0. The molecule has 0 aromatic rings. The number of carboxylic acids is 1. The Labute approximate surface area is 96.7 Å². The molecule has 0 aromatic carbocycles. The summed E-state index contributed by atoms with van der Waals surface area (Å²) in [6, 6.07) is 0. The van der Waals surface area contributed by atoms with Gasteiger partial charge in [0.05, 0.1) is 19.8 Å². The average Bonchev–Trinajstić information content (AvgIpc) is 2.31. The molecule has 0 amide bonds. The summed E-state index contributed by atoms with van der Waals surface area (Å²) < 4.78 is 0. The summed E-state index contributed by atoms with van der Waals surface area (Å²) in [6.45, 7) is 3.33. The first-order valence-electron chi connectivity index (χ1n) is 5.56. The zero-order valence-corrected chi connectivity index (χ0v) is 10.1. The van der Waals surface area contributed by atoms with E-state index in [1.165, 1.54) is 0 Å². The third-order valence-electron chi connectivity index (χ3n) is 2.50. The standard InChI is InChI=1S/C6H14O3.C5H10O2/c1-2-6(3-7,4-8)5-9;1-2-3-4-5(6)7/h7-9H,2-5H2,1H3;2-4H2,1H3,(H,6,7). The van der Waals surface area contributed by atoms with Gasteiger partial charge >= 0.3 is 5.97 Å². The first-order valence-corrected chi connectivity index (χ1v) is 5.56. The van der Waals surface area contributed by atoms with E-state index in [4.69, 9.17) is 20.4 Å². The predicted molar refractivity (Wildman–Crippen MR) is 61.1 cm³/mol. The minimum Gasteiger partial charge on any atom is -0.481 e. The van der Waals surface area contributed by atoms with Gasteiger partial charge in [-0.05, 0) is 12.8 Å². The highest BCUT2D eigenvalue weighted by Crippen LogP contribution is 2.18. The van der Waals surface area contributed by atoms with Crippen LogP contribution in [0, 0.1) is 5.41 Å². The number of aliphatic hydroxyl groups excluding tert-OH is 3. The number of rotatable bonds is 7. The number of aliphatic hydroxyl groups is 3. The molecule has 0 saturated carbocycles. The molecule has 0 spiro atoms. The molecule has 0 fully saturated rings. The molecule has 4 N–H and O–H groups in total. The minimum atomic E-state index is -0.693. The van der Waals surface area contributed by atoms with Crippen molar-refractivity contribution in [2.75, 3.05) is 19.8 Å². The molecular formula is C11H24O5. The van der Waals surface area contributed by atoms with E-state index in [1.807, 2.05) is 13.8 Å². The second kappa shape index (κ2) is 10.9. The Morgan fingerprint density at radius 3 is 1.56 bits per heavy atom. The van der Waals surface area contributed by atoms with Crippen LogP contribution in [0.1, 0.15) is 39.5 Å². The quantitative estimate of drug-likeness (QED) is 0.519. The van der Waals surface area contributed by atoms with Crippen LogP contribution in [0.2, 0.25) is 0 Å². The van der Waals surface area contributed by atoms with Crippen molar-refractivity contribution >= 4 is 5.97 Å². The van der Waals surface area contributed by atoms with Crippen LogP contribution >= 0.6 is 0 Å². The van der Waals surface area contributed by atoms with Gasteiger partial charge in [-0.25, -0.2) is 0 Å². The van der Waals surface area contributed by atoms with Gasteiger partial charge in [0.25, 0.3) is 0 Å². The van der Waals surface area contributed by atoms with Crippen molar-refractivity contribution in [1.82, 2.24) is 0 Å². The highest BCUT2D eigenvalue weighted by molar-refractivity contribution is 5.66. The molecule has 5 nitrogen and oxygen atoms in total. The number of aliphatic carboxylic acids is 1. The summed E-state index contributed by atoms with van der Waals surface area (Å²) in [5.74, 6) is -0.693. The molecule has 5 heteroatoms. The molecule has 0 atom stereocenters. The van der Waals surface area contributed by atoms with Gasteiger partial charge in [-0.15, -0.1) is 0 Å². The lowest BCUT2D eigenvalue weighted by molar-refractivity contribution is -0.137. The van der Waals surface area contributed by atoms with Crippen LogP contribution in [0.5, 0.6) is 0 Å². The fourth-order valence-corrected chi connectivity index (χ4v) is 0.813. The monoisotopic (exact) mass is 236 g/mol. The third-order valence-corrected chi connectivity index (χ3v) is 2.50. The number of hydrogen-bond acceptors (Lipinski definition) is 4. The van der Waals surface area contributed by atoms with Gasteiger partial charge in [0.15, 0.2) is 0 Å². The van der Waals surface area contributed by atoms with Crippen LogP contribution in [0.25, 0.3) is 0 Å². The Morgan fingerprint density at radius 2 is 1.50 bits per heavy atom. The highest BCUT2D eigenvalue weighted by atomic mass is 16.4. The third kappa shape index (κ3) is 8.64. The van der Waals surface area contributed by atoms with E-state index >= 15 is 0 Å². The number of carbonyl (C=O) groups is 1. The maximum atomic E-state index is 9.76. The average molecular weight is 236 g/mol. The molecule has 0 aromatic heterocycles. The summed E-state index contributed by atoms with van der Waals surface area (Å²) in [4.78, 5) is 9.76. The van der Waals surface area contributed by atoms with Crippen LogP contribution in [-0.4, -0.2) is 46.2 Å². The number of hydrogen-bond donors (Lipinski definition) is 4. The summed E-state index contributed by atoms with van der Waals surface area (Å²) in [7, 11) is 0. The Balaban J connectivity index is 0. The van der Waals surface area contributed by atoms with Gasteiger partial charge < -0.3 is 20.4 Å². The number of carboxylic acid groups (broad SMARTS) is 1. The smallest absolute Gasteiger partial charge is 0.303 e. The van der Waals surface area contributed by atoms with Crippen molar-refractivity contribution in [2.45, 2.75) is 39.5 Å². The van der Waals surface area contributed by atoms with E-state index < -0.39 is 11.4 Å². The van der Waals surface area contributed by atoms with Gasteiger partial charge in [0, 0.05) is 11.8 Å². The fourth-order valence-electron chi connectivity index (χ4n) is 0.813. The van der Waals surface area contributed by atoms with Crippen LogP contribution in [0.4, 0.5) is 0 Å². The van der Waals surface area contributed by atoms with Crippen molar-refractivity contribution in [2.24, 2.45) is 5.41 Å². The summed E-state index contributed by atoms with van der Waals surface area (Å²) in [6.07, 6.45) is 2.68. The van der Waals surface area contributed by atoms with Crippen molar-refractivity contribution < 1.29 is 25.2 Å². The number of unbranched alkanes of at least 4 members (excludes halogenated alkanes) is 1. The SMILES string of the molecule is CCC(CO)(CO)CO.CCCCC(=O)O. The van der Waals surface area contributed by atoms with Crippen LogP contribution in [0.15, 0.2) is 0 Å². The Morgan fingerprint density at radius 1 is 1.06 bits per heavy atom. The normalized spacial score (nSPS) is 10.6. The zero-order valence-electron chi connectivity index (χ0n) is 10.1. The molecule has 0 saturated heterocycles. The molecule has 0 unspecified atom stereocenters. The van der Waals surface area contributed by atoms with E-state index in [0.717, 1.165) is 12.8 Å².